The van der Waals surface area contributed by atoms with E-state index in [0.29, 0.717) is 30.3 Å². The van der Waals surface area contributed by atoms with E-state index in [9.17, 15) is 19.7 Å². The van der Waals surface area contributed by atoms with Gasteiger partial charge in [-0.1, -0.05) is 12.1 Å². The van der Waals surface area contributed by atoms with Gasteiger partial charge in [0.05, 0.1) is 24.6 Å². The third-order valence-corrected chi connectivity index (χ3v) is 3.61. The average molecular weight is 387 g/mol. The second-order valence-corrected chi connectivity index (χ2v) is 5.63. The minimum absolute atomic E-state index is 0.00168. The van der Waals surface area contributed by atoms with Crippen LogP contribution in [0.2, 0.25) is 0 Å². The Kier molecular flexibility index (Phi) is 7.32. The molecule has 2 aromatic carbocycles. The van der Waals surface area contributed by atoms with E-state index in [0.717, 1.165) is 6.07 Å². The van der Waals surface area contributed by atoms with Gasteiger partial charge in [0.15, 0.2) is 11.5 Å². The number of carbonyl (C=O) groups excluding carboxylic acids is 2. The van der Waals surface area contributed by atoms with Crippen LogP contribution in [-0.4, -0.2) is 30.0 Å². The molecule has 28 heavy (non-hydrogen) atoms. The molecule has 2 rings (SSSR count). The van der Waals surface area contributed by atoms with Crippen molar-refractivity contribution in [3.8, 4) is 11.5 Å². The van der Waals surface area contributed by atoms with E-state index in [1.807, 2.05) is 13.8 Å². The predicted octanol–water partition coefficient (Wildman–Crippen LogP) is 2.40. The van der Waals surface area contributed by atoms with Gasteiger partial charge in [0.2, 0.25) is 5.91 Å². The number of nitrogens with zero attached hydrogens (tertiary/aromatic N) is 1. The smallest absolute Gasteiger partial charge is 0.270 e. The monoisotopic (exact) mass is 387 g/mol. The number of rotatable bonds is 8. The van der Waals surface area contributed by atoms with Crippen molar-refractivity contribution in [3.05, 3.63) is 63.7 Å². The Bertz CT molecular complexity index is 868. The molecule has 9 nitrogen and oxygen atoms in total. The van der Waals surface area contributed by atoms with Crippen molar-refractivity contribution in [3.63, 3.8) is 0 Å². The maximum absolute atomic E-state index is 12.1. The van der Waals surface area contributed by atoms with Crippen LogP contribution in [0.5, 0.6) is 11.5 Å². The van der Waals surface area contributed by atoms with Crippen molar-refractivity contribution in [2.75, 3.05) is 13.2 Å². The van der Waals surface area contributed by atoms with Gasteiger partial charge in [0, 0.05) is 17.7 Å². The fourth-order valence-electron chi connectivity index (χ4n) is 2.39. The van der Waals surface area contributed by atoms with Gasteiger partial charge < -0.3 is 9.47 Å². The lowest BCUT2D eigenvalue weighted by Crippen LogP contribution is -2.42. The Morgan fingerprint density at radius 1 is 1.00 bits per heavy atom. The van der Waals surface area contributed by atoms with Gasteiger partial charge in [-0.05, 0) is 37.6 Å². The van der Waals surface area contributed by atoms with Crippen LogP contribution in [0.1, 0.15) is 29.8 Å². The maximum atomic E-state index is 12.1. The van der Waals surface area contributed by atoms with Crippen LogP contribution in [0.3, 0.4) is 0 Å². The minimum atomic E-state index is -0.654. The van der Waals surface area contributed by atoms with Crippen LogP contribution in [0.15, 0.2) is 42.5 Å². The van der Waals surface area contributed by atoms with Crippen LogP contribution in [0, 0.1) is 10.1 Å². The summed E-state index contributed by atoms with van der Waals surface area (Å²) in [6, 6.07) is 10.4. The molecule has 0 saturated carbocycles. The van der Waals surface area contributed by atoms with E-state index in [2.05, 4.69) is 10.9 Å². The fourth-order valence-corrected chi connectivity index (χ4v) is 2.39. The largest absolute Gasteiger partial charge is 0.490 e. The highest BCUT2D eigenvalue weighted by molar-refractivity contribution is 5.96. The predicted molar refractivity (Wildman–Crippen MR) is 101 cm³/mol. The molecule has 0 fully saturated rings. The van der Waals surface area contributed by atoms with E-state index >= 15 is 0 Å². The lowest BCUT2D eigenvalue weighted by Gasteiger charge is -2.12. The molecule has 0 aromatic heterocycles. The van der Waals surface area contributed by atoms with Crippen molar-refractivity contribution < 1.29 is 24.0 Å². The molecule has 0 unspecified atom stereocenters. The van der Waals surface area contributed by atoms with Gasteiger partial charge in [0.25, 0.3) is 11.6 Å². The van der Waals surface area contributed by atoms with Gasteiger partial charge in [-0.25, -0.2) is 0 Å². The van der Waals surface area contributed by atoms with Crippen molar-refractivity contribution >= 4 is 17.5 Å². The summed E-state index contributed by atoms with van der Waals surface area (Å²) in [4.78, 5) is 34.3. The summed E-state index contributed by atoms with van der Waals surface area (Å²) in [5.74, 6) is 0.0203. The summed E-state index contributed by atoms with van der Waals surface area (Å²) >= 11 is 0. The standard InChI is InChI=1S/C19H21N3O6/c1-3-27-16-9-8-13(10-17(16)28-4-2)11-18(23)20-21-19(24)14-6-5-7-15(12-14)22(25)26/h5-10,12H,3-4,11H2,1-2H3,(H,20,23)(H,21,24). The Morgan fingerprint density at radius 2 is 1.71 bits per heavy atom. The lowest BCUT2D eigenvalue weighted by molar-refractivity contribution is -0.384. The molecule has 0 aliphatic rings. The van der Waals surface area contributed by atoms with Gasteiger partial charge in [-0.15, -0.1) is 0 Å². The molecule has 0 radical (unpaired) electrons. The van der Waals surface area contributed by atoms with Gasteiger partial charge >= 0.3 is 0 Å². The van der Waals surface area contributed by atoms with E-state index < -0.39 is 16.7 Å². The first kappa shape index (κ1) is 20.7. The lowest BCUT2D eigenvalue weighted by atomic mass is 10.1. The Morgan fingerprint density at radius 3 is 2.39 bits per heavy atom. The van der Waals surface area contributed by atoms with Crippen molar-refractivity contribution in [1.29, 1.82) is 0 Å². The first-order chi connectivity index (χ1) is 13.4. The van der Waals surface area contributed by atoms with Crippen LogP contribution < -0.4 is 20.3 Å². The molecular formula is C19H21N3O6. The Hall–Kier alpha value is -3.62. The zero-order valence-corrected chi connectivity index (χ0v) is 15.6. The number of carbonyl (C=O) groups is 2. The van der Waals surface area contributed by atoms with E-state index in [1.54, 1.807) is 18.2 Å². The zero-order chi connectivity index (χ0) is 20.5. The first-order valence-corrected chi connectivity index (χ1v) is 8.66. The Labute approximate surface area is 161 Å². The molecule has 0 aliphatic heterocycles. The Balaban J connectivity index is 1.96. The third-order valence-electron chi connectivity index (χ3n) is 3.61. The number of benzene rings is 2. The number of nitrogens with one attached hydrogen (secondary N) is 2. The zero-order valence-electron chi connectivity index (χ0n) is 15.6. The molecule has 148 valence electrons. The minimum Gasteiger partial charge on any atom is -0.490 e. The SMILES string of the molecule is CCOc1ccc(CC(=O)NNC(=O)c2cccc([N+](=O)[O-])c2)cc1OCC. The number of nitro benzene ring substituents is 1. The van der Waals surface area contributed by atoms with Crippen LogP contribution in [0.25, 0.3) is 0 Å². The van der Waals surface area contributed by atoms with Crippen molar-refractivity contribution in [2.24, 2.45) is 0 Å². The maximum Gasteiger partial charge on any atom is 0.270 e. The molecule has 0 saturated heterocycles. The van der Waals surface area contributed by atoms with Crippen molar-refractivity contribution in [2.45, 2.75) is 20.3 Å². The number of hydrazine groups is 1. The summed E-state index contributed by atoms with van der Waals surface area (Å²) in [5.41, 5.74) is 5.06. The van der Waals surface area contributed by atoms with Crippen LogP contribution in [0.4, 0.5) is 5.69 Å². The highest BCUT2D eigenvalue weighted by Crippen LogP contribution is 2.28. The van der Waals surface area contributed by atoms with E-state index in [4.69, 9.17) is 9.47 Å². The number of nitro groups is 1. The molecule has 0 heterocycles. The second-order valence-electron chi connectivity index (χ2n) is 5.63. The molecular weight excluding hydrogens is 366 g/mol. The number of hydrogen-bond acceptors (Lipinski definition) is 6. The molecule has 9 heteroatoms. The second kappa shape index (κ2) is 9.91. The molecule has 0 aliphatic carbocycles. The van der Waals surface area contributed by atoms with Crippen LogP contribution in [-0.2, 0) is 11.2 Å². The molecule has 2 amide bonds. The fraction of sp³-hybridized carbons (Fsp3) is 0.263. The highest BCUT2D eigenvalue weighted by atomic mass is 16.6. The van der Waals surface area contributed by atoms with E-state index in [-0.39, 0.29) is 17.7 Å². The summed E-state index contributed by atoms with van der Waals surface area (Å²) < 4.78 is 11.0. The summed E-state index contributed by atoms with van der Waals surface area (Å²) in [6.45, 7) is 4.65. The first-order valence-electron chi connectivity index (χ1n) is 8.66. The van der Waals surface area contributed by atoms with E-state index in [1.165, 1.54) is 18.2 Å². The highest BCUT2D eigenvalue weighted by Gasteiger charge is 2.13. The number of ether oxygens (including phenoxy) is 2. The third kappa shape index (κ3) is 5.70. The van der Waals surface area contributed by atoms with Gasteiger partial charge in [-0.3, -0.25) is 30.6 Å². The topological polar surface area (TPSA) is 120 Å². The molecule has 2 N–H and O–H groups in total. The van der Waals surface area contributed by atoms with Crippen molar-refractivity contribution in [1.82, 2.24) is 10.9 Å². The molecule has 0 bridgehead atoms. The average Bonchev–Trinajstić information content (AvgIpc) is 2.68. The number of non-ortho nitro benzene ring substituents is 1. The van der Waals surface area contributed by atoms with Gasteiger partial charge in [-0.2, -0.15) is 0 Å². The molecule has 2 aromatic rings. The number of hydrogen-bond donors (Lipinski definition) is 2. The van der Waals surface area contributed by atoms with Crippen LogP contribution >= 0.6 is 0 Å². The molecule has 0 atom stereocenters. The summed E-state index contributed by atoms with van der Waals surface area (Å²) in [5, 5.41) is 10.8. The quantitative estimate of drug-likeness (QED) is 0.530. The van der Waals surface area contributed by atoms with Gasteiger partial charge in [0.1, 0.15) is 0 Å². The summed E-state index contributed by atoms with van der Waals surface area (Å²) in [6.07, 6.45) is 0.00168. The number of amides is 2. The normalized spacial score (nSPS) is 10.1. The summed E-state index contributed by atoms with van der Waals surface area (Å²) in [7, 11) is 0. The molecule has 0 spiro atoms.